The second kappa shape index (κ2) is 9.27. The zero-order valence-electron chi connectivity index (χ0n) is 16.1. The Morgan fingerprint density at radius 2 is 1.46 bits per heavy atom. The van der Waals surface area contributed by atoms with Gasteiger partial charge in [-0.25, -0.2) is 8.42 Å². The van der Waals surface area contributed by atoms with E-state index in [1.807, 2.05) is 20.8 Å². The second-order valence-corrected chi connectivity index (χ2v) is 10.5. The zero-order chi connectivity index (χ0) is 20.9. The maximum atomic E-state index is 13.1. The first-order chi connectivity index (χ1) is 13.0. The first kappa shape index (κ1) is 22.7. The third-order valence-electron chi connectivity index (χ3n) is 3.86. The van der Waals surface area contributed by atoms with Gasteiger partial charge in [-0.2, -0.15) is 4.31 Å². The molecule has 0 heterocycles. The van der Waals surface area contributed by atoms with Crippen molar-refractivity contribution in [1.82, 2.24) is 9.62 Å². The molecule has 0 aliphatic carbocycles. The molecule has 0 radical (unpaired) electrons. The van der Waals surface area contributed by atoms with Gasteiger partial charge in [0, 0.05) is 23.1 Å². The van der Waals surface area contributed by atoms with Crippen LogP contribution in [0.25, 0.3) is 0 Å². The highest BCUT2D eigenvalue weighted by Gasteiger charge is 2.27. The molecule has 0 bridgehead atoms. The quantitative estimate of drug-likeness (QED) is 0.692. The molecular formula is C20H24Cl2N2O3S. The van der Waals surface area contributed by atoms with Gasteiger partial charge in [0.05, 0.1) is 11.4 Å². The maximum absolute atomic E-state index is 13.1. The lowest BCUT2D eigenvalue weighted by molar-refractivity contribution is -0.121. The van der Waals surface area contributed by atoms with Crippen molar-refractivity contribution in [3.63, 3.8) is 0 Å². The number of nitrogens with zero attached hydrogens (tertiary/aromatic N) is 1. The first-order valence-corrected chi connectivity index (χ1v) is 10.9. The van der Waals surface area contributed by atoms with Crippen molar-refractivity contribution >= 4 is 39.1 Å². The molecule has 1 amide bonds. The number of benzene rings is 2. The zero-order valence-corrected chi connectivity index (χ0v) is 18.4. The van der Waals surface area contributed by atoms with Gasteiger partial charge in [-0.3, -0.25) is 4.79 Å². The number of hydrogen-bond acceptors (Lipinski definition) is 3. The van der Waals surface area contributed by atoms with Crippen molar-refractivity contribution < 1.29 is 13.2 Å². The van der Waals surface area contributed by atoms with Crippen LogP contribution in [0.2, 0.25) is 10.0 Å². The molecule has 0 saturated carbocycles. The lowest BCUT2D eigenvalue weighted by Crippen LogP contribution is -2.42. The molecule has 0 atom stereocenters. The molecule has 5 nitrogen and oxygen atoms in total. The molecule has 2 rings (SSSR count). The molecule has 0 aromatic heterocycles. The maximum Gasteiger partial charge on any atom is 0.243 e. The molecule has 1 N–H and O–H groups in total. The van der Waals surface area contributed by atoms with Crippen molar-refractivity contribution in [2.24, 2.45) is 5.41 Å². The number of nitrogens with one attached hydrogen (secondary N) is 1. The van der Waals surface area contributed by atoms with Crippen LogP contribution in [0.15, 0.2) is 53.4 Å². The van der Waals surface area contributed by atoms with Crippen molar-refractivity contribution in [3.05, 3.63) is 64.1 Å². The van der Waals surface area contributed by atoms with Crippen LogP contribution in [0.5, 0.6) is 0 Å². The summed E-state index contributed by atoms with van der Waals surface area (Å²) in [5, 5.41) is 3.78. The van der Waals surface area contributed by atoms with Crippen molar-refractivity contribution in [2.45, 2.75) is 32.2 Å². The molecular weight excluding hydrogens is 419 g/mol. The Bertz CT molecular complexity index is 906. The fourth-order valence-corrected chi connectivity index (χ4v) is 3.99. The van der Waals surface area contributed by atoms with Crippen molar-refractivity contribution in [3.8, 4) is 0 Å². The van der Waals surface area contributed by atoms with Gasteiger partial charge in [0.25, 0.3) is 0 Å². The fourth-order valence-electron chi connectivity index (χ4n) is 2.35. The summed E-state index contributed by atoms with van der Waals surface area (Å²) in [7, 11) is -3.89. The summed E-state index contributed by atoms with van der Waals surface area (Å²) in [6.45, 7) is 6.17. The summed E-state index contributed by atoms with van der Waals surface area (Å²) in [6.07, 6.45) is 0. The minimum absolute atomic E-state index is 0.0467. The van der Waals surface area contributed by atoms with Gasteiger partial charge in [0.1, 0.15) is 0 Å². The van der Waals surface area contributed by atoms with Crippen LogP contribution in [0.4, 0.5) is 0 Å². The molecule has 0 aliphatic heterocycles. The Kier molecular flexibility index (Phi) is 7.51. The molecule has 2 aromatic rings. The van der Waals surface area contributed by atoms with Crippen LogP contribution in [-0.2, 0) is 21.4 Å². The van der Waals surface area contributed by atoms with E-state index in [4.69, 9.17) is 23.2 Å². The van der Waals surface area contributed by atoms with Crippen LogP contribution < -0.4 is 5.32 Å². The van der Waals surface area contributed by atoms with Gasteiger partial charge in [-0.1, -0.05) is 56.1 Å². The summed E-state index contributed by atoms with van der Waals surface area (Å²) in [5.74, 6) is -0.360. The summed E-state index contributed by atoms with van der Waals surface area (Å²) in [6, 6.07) is 12.7. The van der Waals surface area contributed by atoms with E-state index in [-0.39, 0.29) is 29.3 Å². The number of carbonyl (C=O) groups is 1. The summed E-state index contributed by atoms with van der Waals surface area (Å²) < 4.78 is 27.4. The Morgan fingerprint density at radius 3 is 1.96 bits per heavy atom. The molecule has 28 heavy (non-hydrogen) atoms. The topological polar surface area (TPSA) is 66.5 Å². The van der Waals surface area contributed by atoms with E-state index < -0.39 is 10.0 Å². The fraction of sp³-hybridized carbons (Fsp3) is 0.350. The number of halogens is 2. The van der Waals surface area contributed by atoms with Crippen LogP contribution in [-0.4, -0.2) is 31.7 Å². The SMILES string of the molecule is CC(C)(C)CNC(=O)CN(Cc1ccc(Cl)cc1)S(=O)(=O)c1ccc(Cl)cc1. The lowest BCUT2D eigenvalue weighted by Gasteiger charge is -2.24. The molecule has 0 aliphatic rings. The highest BCUT2D eigenvalue weighted by molar-refractivity contribution is 7.89. The largest absolute Gasteiger partial charge is 0.354 e. The molecule has 0 fully saturated rings. The van der Waals surface area contributed by atoms with Crippen LogP contribution in [0.3, 0.4) is 0 Å². The van der Waals surface area contributed by atoms with Gasteiger partial charge in [0.2, 0.25) is 15.9 Å². The highest BCUT2D eigenvalue weighted by atomic mass is 35.5. The van der Waals surface area contributed by atoms with E-state index in [1.165, 1.54) is 24.3 Å². The minimum Gasteiger partial charge on any atom is -0.354 e. The summed E-state index contributed by atoms with van der Waals surface area (Å²) in [4.78, 5) is 12.5. The first-order valence-electron chi connectivity index (χ1n) is 8.74. The average molecular weight is 443 g/mol. The van der Waals surface area contributed by atoms with Crippen LogP contribution in [0, 0.1) is 5.41 Å². The van der Waals surface area contributed by atoms with Crippen molar-refractivity contribution in [2.75, 3.05) is 13.1 Å². The van der Waals surface area contributed by atoms with Gasteiger partial charge in [0.15, 0.2) is 0 Å². The molecule has 2 aromatic carbocycles. The third kappa shape index (κ3) is 6.78. The Hall–Kier alpha value is -1.60. The minimum atomic E-state index is -3.89. The number of hydrogen-bond donors (Lipinski definition) is 1. The molecule has 0 unspecified atom stereocenters. The normalized spacial score (nSPS) is 12.2. The van der Waals surface area contributed by atoms with E-state index in [2.05, 4.69) is 5.32 Å². The smallest absolute Gasteiger partial charge is 0.243 e. The van der Waals surface area contributed by atoms with Gasteiger partial charge >= 0.3 is 0 Å². The van der Waals surface area contributed by atoms with Gasteiger partial charge in [-0.05, 0) is 47.4 Å². The number of rotatable bonds is 7. The summed E-state index contributed by atoms with van der Waals surface area (Å²) in [5.41, 5.74) is 0.622. The van der Waals surface area contributed by atoms with Crippen LogP contribution in [0.1, 0.15) is 26.3 Å². The molecule has 0 saturated heterocycles. The molecule has 152 valence electrons. The Balaban J connectivity index is 2.28. The standard InChI is InChI=1S/C20H24Cl2N2O3S/c1-20(2,3)14-23-19(25)13-24(12-15-4-6-16(21)7-5-15)28(26,27)18-10-8-17(22)9-11-18/h4-11H,12-14H2,1-3H3,(H,23,25). The predicted molar refractivity (Wildman–Crippen MR) is 113 cm³/mol. The third-order valence-corrected chi connectivity index (χ3v) is 6.17. The molecule has 0 spiro atoms. The van der Waals surface area contributed by atoms with Crippen molar-refractivity contribution in [1.29, 1.82) is 0 Å². The highest BCUT2D eigenvalue weighted by Crippen LogP contribution is 2.21. The van der Waals surface area contributed by atoms with E-state index in [0.29, 0.717) is 16.6 Å². The molecule has 8 heteroatoms. The average Bonchev–Trinajstić information content (AvgIpc) is 2.61. The van der Waals surface area contributed by atoms with Gasteiger partial charge < -0.3 is 5.32 Å². The van der Waals surface area contributed by atoms with E-state index >= 15 is 0 Å². The lowest BCUT2D eigenvalue weighted by atomic mass is 9.97. The van der Waals surface area contributed by atoms with Crippen LogP contribution >= 0.6 is 23.2 Å². The van der Waals surface area contributed by atoms with E-state index in [9.17, 15) is 13.2 Å². The number of carbonyl (C=O) groups excluding carboxylic acids is 1. The Labute approximate surface area is 176 Å². The number of amides is 1. The second-order valence-electron chi connectivity index (χ2n) is 7.69. The summed E-state index contributed by atoms with van der Waals surface area (Å²) >= 11 is 11.8. The van der Waals surface area contributed by atoms with E-state index in [0.717, 1.165) is 9.87 Å². The van der Waals surface area contributed by atoms with E-state index in [1.54, 1.807) is 24.3 Å². The monoisotopic (exact) mass is 442 g/mol. The van der Waals surface area contributed by atoms with Gasteiger partial charge in [-0.15, -0.1) is 0 Å². The predicted octanol–water partition coefficient (Wildman–Crippen LogP) is 4.35. The Morgan fingerprint density at radius 1 is 0.964 bits per heavy atom. The number of sulfonamides is 1.